The number of piperidine rings is 1. The summed E-state index contributed by atoms with van der Waals surface area (Å²) in [6.45, 7) is 4.89. The summed E-state index contributed by atoms with van der Waals surface area (Å²) < 4.78 is 0. The summed E-state index contributed by atoms with van der Waals surface area (Å²) in [5.41, 5.74) is 5.92. The Morgan fingerprint density at radius 2 is 1.50 bits per heavy atom. The van der Waals surface area contributed by atoms with Crippen molar-refractivity contribution in [1.29, 1.82) is 0 Å². The highest BCUT2D eigenvalue weighted by Crippen LogP contribution is 2.28. The minimum Gasteiger partial charge on any atom is -0.328 e. The molecule has 2 heteroatoms. The number of nitrogens with zero attached hydrogens (tertiary/aromatic N) is 1. The highest BCUT2D eigenvalue weighted by atomic mass is 15.2. The SMILES string of the molecule is CC1CCC(N2CCC(N)CC2)CC1. The summed E-state index contributed by atoms with van der Waals surface area (Å²) in [6.07, 6.45) is 8.16. The zero-order valence-corrected chi connectivity index (χ0v) is 9.41. The van der Waals surface area contributed by atoms with Crippen LogP contribution in [0.4, 0.5) is 0 Å². The fourth-order valence-electron chi connectivity index (χ4n) is 2.89. The van der Waals surface area contributed by atoms with E-state index in [1.165, 1.54) is 51.6 Å². The van der Waals surface area contributed by atoms with Crippen molar-refractivity contribution < 1.29 is 0 Å². The van der Waals surface area contributed by atoms with Crippen LogP contribution in [0.25, 0.3) is 0 Å². The van der Waals surface area contributed by atoms with E-state index >= 15 is 0 Å². The van der Waals surface area contributed by atoms with E-state index < -0.39 is 0 Å². The van der Waals surface area contributed by atoms with Gasteiger partial charge in [0.05, 0.1) is 0 Å². The molecular weight excluding hydrogens is 172 g/mol. The van der Waals surface area contributed by atoms with Gasteiger partial charge in [-0.05, 0) is 57.5 Å². The van der Waals surface area contributed by atoms with E-state index in [1.54, 1.807) is 0 Å². The van der Waals surface area contributed by atoms with Crippen molar-refractivity contribution in [3.8, 4) is 0 Å². The van der Waals surface area contributed by atoms with Crippen molar-refractivity contribution in [1.82, 2.24) is 4.90 Å². The molecule has 82 valence electrons. The molecule has 2 aliphatic rings. The van der Waals surface area contributed by atoms with Gasteiger partial charge in [0.2, 0.25) is 0 Å². The third kappa shape index (κ3) is 2.48. The molecule has 2 fully saturated rings. The van der Waals surface area contributed by atoms with Crippen molar-refractivity contribution in [2.75, 3.05) is 13.1 Å². The normalized spacial score (nSPS) is 37.3. The van der Waals surface area contributed by atoms with Crippen molar-refractivity contribution >= 4 is 0 Å². The van der Waals surface area contributed by atoms with Crippen molar-refractivity contribution in [2.24, 2.45) is 11.7 Å². The van der Waals surface area contributed by atoms with Gasteiger partial charge in [0.25, 0.3) is 0 Å². The molecule has 0 unspecified atom stereocenters. The number of rotatable bonds is 1. The van der Waals surface area contributed by atoms with Gasteiger partial charge in [0, 0.05) is 12.1 Å². The average molecular weight is 196 g/mol. The lowest BCUT2D eigenvalue weighted by Crippen LogP contribution is -2.46. The number of nitrogens with two attached hydrogens (primary N) is 1. The summed E-state index contributed by atoms with van der Waals surface area (Å²) in [7, 11) is 0. The zero-order valence-electron chi connectivity index (χ0n) is 9.41. The first-order valence-corrected chi connectivity index (χ1v) is 6.25. The van der Waals surface area contributed by atoms with Crippen LogP contribution in [0.15, 0.2) is 0 Å². The molecule has 0 aromatic carbocycles. The molecule has 0 radical (unpaired) electrons. The van der Waals surface area contributed by atoms with Crippen LogP contribution in [0.1, 0.15) is 45.4 Å². The number of hydrogen-bond donors (Lipinski definition) is 1. The second-order valence-electron chi connectivity index (χ2n) is 5.29. The Hall–Kier alpha value is -0.0800. The van der Waals surface area contributed by atoms with Crippen LogP contribution in [0.5, 0.6) is 0 Å². The van der Waals surface area contributed by atoms with Gasteiger partial charge in [-0.2, -0.15) is 0 Å². The second kappa shape index (κ2) is 4.63. The third-order valence-corrected chi connectivity index (χ3v) is 4.08. The summed E-state index contributed by atoms with van der Waals surface area (Å²) in [4.78, 5) is 2.69. The first-order valence-electron chi connectivity index (χ1n) is 6.25. The molecule has 1 saturated heterocycles. The Kier molecular flexibility index (Phi) is 3.45. The van der Waals surface area contributed by atoms with Crippen LogP contribution in [0.2, 0.25) is 0 Å². The molecule has 1 heterocycles. The fraction of sp³-hybridized carbons (Fsp3) is 1.00. The zero-order chi connectivity index (χ0) is 9.97. The molecule has 0 aromatic rings. The Balaban J connectivity index is 1.78. The molecule has 1 aliphatic heterocycles. The molecule has 0 aromatic heterocycles. The van der Waals surface area contributed by atoms with E-state index in [2.05, 4.69) is 11.8 Å². The topological polar surface area (TPSA) is 29.3 Å². The Morgan fingerprint density at radius 3 is 2.07 bits per heavy atom. The van der Waals surface area contributed by atoms with Crippen LogP contribution in [-0.2, 0) is 0 Å². The first kappa shape index (κ1) is 10.4. The maximum absolute atomic E-state index is 5.92. The molecule has 2 rings (SSSR count). The van der Waals surface area contributed by atoms with Gasteiger partial charge < -0.3 is 10.6 Å². The molecule has 2 nitrogen and oxygen atoms in total. The van der Waals surface area contributed by atoms with Crippen LogP contribution < -0.4 is 5.73 Å². The van der Waals surface area contributed by atoms with E-state index in [0.717, 1.165) is 12.0 Å². The summed E-state index contributed by atoms with van der Waals surface area (Å²) in [6, 6.07) is 1.37. The van der Waals surface area contributed by atoms with Crippen molar-refractivity contribution in [3.63, 3.8) is 0 Å². The predicted molar refractivity (Wildman–Crippen MR) is 60.2 cm³/mol. The summed E-state index contributed by atoms with van der Waals surface area (Å²) in [5.74, 6) is 0.971. The molecule has 0 spiro atoms. The quantitative estimate of drug-likeness (QED) is 0.695. The third-order valence-electron chi connectivity index (χ3n) is 4.08. The molecule has 0 atom stereocenters. The van der Waals surface area contributed by atoms with Crippen molar-refractivity contribution in [3.05, 3.63) is 0 Å². The molecule has 2 N–H and O–H groups in total. The predicted octanol–water partition coefficient (Wildman–Crippen LogP) is 1.99. The highest BCUT2D eigenvalue weighted by molar-refractivity contribution is 4.82. The standard InChI is InChI=1S/C12H24N2/c1-10-2-4-12(5-3-10)14-8-6-11(13)7-9-14/h10-12H,2-9,13H2,1H3. The monoisotopic (exact) mass is 196 g/mol. The Bertz CT molecular complexity index is 145. The Morgan fingerprint density at radius 1 is 0.929 bits per heavy atom. The molecule has 14 heavy (non-hydrogen) atoms. The maximum atomic E-state index is 5.92. The Labute approximate surface area is 87.8 Å². The van der Waals surface area contributed by atoms with E-state index in [0.29, 0.717) is 6.04 Å². The lowest BCUT2D eigenvalue weighted by molar-refractivity contribution is 0.111. The van der Waals surface area contributed by atoms with Gasteiger partial charge in [0.15, 0.2) is 0 Å². The summed E-state index contributed by atoms with van der Waals surface area (Å²) in [5, 5.41) is 0. The molecule has 0 bridgehead atoms. The lowest BCUT2D eigenvalue weighted by atomic mass is 9.86. The van der Waals surface area contributed by atoms with E-state index in [9.17, 15) is 0 Å². The highest BCUT2D eigenvalue weighted by Gasteiger charge is 2.26. The first-order chi connectivity index (χ1) is 6.75. The minimum absolute atomic E-state index is 0.480. The largest absolute Gasteiger partial charge is 0.328 e. The van der Waals surface area contributed by atoms with Crippen LogP contribution in [0.3, 0.4) is 0 Å². The smallest absolute Gasteiger partial charge is 0.00954 e. The number of hydrogen-bond acceptors (Lipinski definition) is 2. The average Bonchev–Trinajstić information content (AvgIpc) is 2.21. The molecular formula is C12H24N2. The van der Waals surface area contributed by atoms with Crippen molar-refractivity contribution in [2.45, 2.75) is 57.5 Å². The van der Waals surface area contributed by atoms with Crippen LogP contribution in [-0.4, -0.2) is 30.1 Å². The van der Waals surface area contributed by atoms with Crippen LogP contribution >= 0.6 is 0 Å². The van der Waals surface area contributed by atoms with Gasteiger partial charge in [0.1, 0.15) is 0 Å². The molecule has 1 aliphatic carbocycles. The van der Waals surface area contributed by atoms with Gasteiger partial charge in [-0.25, -0.2) is 0 Å². The van der Waals surface area contributed by atoms with Gasteiger partial charge in [-0.15, -0.1) is 0 Å². The fourth-order valence-corrected chi connectivity index (χ4v) is 2.89. The molecule has 0 amide bonds. The second-order valence-corrected chi connectivity index (χ2v) is 5.29. The number of likely N-dealkylation sites (tertiary alicyclic amines) is 1. The maximum Gasteiger partial charge on any atom is 0.00954 e. The van der Waals surface area contributed by atoms with E-state index in [1.807, 2.05) is 0 Å². The molecule has 1 saturated carbocycles. The summed E-state index contributed by atoms with van der Waals surface area (Å²) >= 11 is 0. The van der Waals surface area contributed by atoms with E-state index in [-0.39, 0.29) is 0 Å². The van der Waals surface area contributed by atoms with Gasteiger partial charge >= 0.3 is 0 Å². The van der Waals surface area contributed by atoms with Gasteiger partial charge in [-0.3, -0.25) is 0 Å². The lowest BCUT2D eigenvalue weighted by Gasteiger charge is -2.39. The van der Waals surface area contributed by atoms with E-state index in [4.69, 9.17) is 5.73 Å². The van der Waals surface area contributed by atoms with Crippen LogP contribution in [0, 0.1) is 5.92 Å². The minimum atomic E-state index is 0.480. The van der Waals surface area contributed by atoms with Gasteiger partial charge in [-0.1, -0.05) is 6.92 Å².